The molecule has 0 aromatic heterocycles. The summed E-state index contributed by atoms with van der Waals surface area (Å²) >= 11 is 0. The topological polar surface area (TPSA) is 110 Å². The van der Waals surface area contributed by atoms with E-state index in [-0.39, 0.29) is 17.9 Å². The van der Waals surface area contributed by atoms with Crippen LogP contribution in [0.5, 0.6) is 0 Å². The molecule has 1 rings (SSSR count). The fourth-order valence-corrected chi connectivity index (χ4v) is 2.83. The molecule has 0 aliphatic carbocycles. The molecular formula is C10H14N2O5S. The molecule has 0 spiro atoms. The molecule has 8 heteroatoms. The monoisotopic (exact) mass is 274 g/mol. The highest BCUT2D eigenvalue weighted by Gasteiger charge is 2.20. The van der Waals surface area contributed by atoms with Gasteiger partial charge in [0.15, 0.2) is 0 Å². The first-order valence-electron chi connectivity index (χ1n) is 5.19. The Morgan fingerprint density at radius 1 is 1.44 bits per heavy atom. The summed E-state index contributed by atoms with van der Waals surface area (Å²) < 4.78 is 25.6. The minimum Gasteiger partial charge on any atom is -0.395 e. The van der Waals surface area contributed by atoms with Crippen molar-refractivity contribution in [3.63, 3.8) is 0 Å². The fourth-order valence-electron chi connectivity index (χ4n) is 1.40. The van der Waals surface area contributed by atoms with Gasteiger partial charge in [-0.1, -0.05) is 18.2 Å². The lowest BCUT2D eigenvalue weighted by Crippen LogP contribution is -2.35. The van der Waals surface area contributed by atoms with Gasteiger partial charge in [0.2, 0.25) is 10.0 Å². The average molecular weight is 274 g/mol. The van der Waals surface area contributed by atoms with Gasteiger partial charge in [-0.3, -0.25) is 10.1 Å². The third kappa shape index (κ3) is 4.06. The van der Waals surface area contributed by atoms with E-state index in [2.05, 4.69) is 4.72 Å². The molecule has 2 N–H and O–H groups in total. The Labute approximate surface area is 105 Å². The van der Waals surface area contributed by atoms with Gasteiger partial charge in [0.1, 0.15) is 0 Å². The van der Waals surface area contributed by atoms with Crippen LogP contribution < -0.4 is 4.72 Å². The number of hydrogen-bond acceptors (Lipinski definition) is 5. The van der Waals surface area contributed by atoms with Crippen LogP contribution in [0.3, 0.4) is 0 Å². The molecule has 0 bridgehead atoms. The molecule has 1 aromatic carbocycles. The molecular weight excluding hydrogens is 260 g/mol. The van der Waals surface area contributed by atoms with Crippen LogP contribution in [0.25, 0.3) is 0 Å². The van der Waals surface area contributed by atoms with Crippen molar-refractivity contribution in [2.75, 3.05) is 6.61 Å². The van der Waals surface area contributed by atoms with E-state index in [9.17, 15) is 18.5 Å². The normalized spacial score (nSPS) is 13.2. The number of nitrogens with zero attached hydrogens (tertiary/aromatic N) is 1. The van der Waals surface area contributed by atoms with E-state index in [0.717, 1.165) is 0 Å². The summed E-state index contributed by atoms with van der Waals surface area (Å²) in [7, 11) is -3.72. The van der Waals surface area contributed by atoms with Crippen LogP contribution in [0.1, 0.15) is 12.5 Å². The number of rotatable bonds is 6. The number of aliphatic hydroxyl groups excluding tert-OH is 1. The van der Waals surface area contributed by atoms with Crippen molar-refractivity contribution in [2.45, 2.75) is 18.7 Å². The van der Waals surface area contributed by atoms with Crippen LogP contribution in [0.4, 0.5) is 5.69 Å². The molecule has 1 atom stereocenters. The standard InChI is InChI=1S/C10H14N2O5S/c1-8(6-13)11-18(16,17)7-9-4-2-3-5-10(9)12(14)15/h2-5,8,11,13H,6-7H2,1H3. The highest BCUT2D eigenvalue weighted by molar-refractivity contribution is 7.88. The maximum atomic E-state index is 11.7. The molecule has 18 heavy (non-hydrogen) atoms. The summed E-state index contributed by atoms with van der Waals surface area (Å²) in [4.78, 5) is 10.1. The van der Waals surface area contributed by atoms with Crippen LogP contribution >= 0.6 is 0 Å². The Balaban J connectivity index is 2.94. The molecule has 0 saturated heterocycles. The lowest BCUT2D eigenvalue weighted by Gasteiger charge is -2.11. The molecule has 0 heterocycles. The van der Waals surface area contributed by atoms with Crippen molar-refractivity contribution in [2.24, 2.45) is 0 Å². The Bertz CT molecular complexity index is 529. The summed E-state index contributed by atoms with van der Waals surface area (Å²) in [5.41, 5.74) is -0.125. The minimum absolute atomic E-state index is 0.111. The summed E-state index contributed by atoms with van der Waals surface area (Å²) in [6, 6.07) is 5.02. The molecule has 0 fully saturated rings. The van der Waals surface area contributed by atoms with Crippen molar-refractivity contribution in [1.29, 1.82) is 0 Å². The second-order valence-electron chi connectivity index (χ2n) is 3.85. The zero-order valence-electron chi connectivity index (χ0n) is 9.74. The van der Waals surface area contributed by atoms with E-state index < -0.39 is 26.7 Å². The van der Waals surface area contributed by atoms with Crippen molar-refractivity contribution in [3.05, 3.63) is 39.9 Å². The Morgan fingerprint density at radius 2 is 2.06 bits per heavy atom. The molecule has 1 unspecified atom stereocenters. The molecule has 0 aliphatic heterocycles. The predicted octanol–water partition coefficient (Wildman–Crippen LogP) is 0.395. The lowest BCUT2D eigenvalue weighted by atomic mass is 10.2. The van der Waals surface area contributed by atoms with Gasteiger partial charge in [0.25, 0.3) is 5.69 Å². The summed E-state index contributed by atoms with van der Waals surface area (Å²) in [6.07, 6.45) is 0. The van der Waals surface area contributed by atoms with E-state index >= 15 is 0 Å². The molecule has 1 aromatic rings. The number of nitrogens with one attached hydrogen (secondary N) is 1. The van der Waals surface area contributed by atoms with Gasteiger partial charge < -0.3 is 5.11 Å². The minimum atomic E-state index is -3.72. The molecule has 7 nitrogen and oxygen atoms in total. The van der Waals surface area contributed by atoms with Crippen molar-refractivity contribution in [1.82, 2.24) is 4.72 Å². The number of hydrogen-bond donors (Lipinski definition) is 2. The van der Waals surface area contributed by atoms with E-state index in [4.69, 9.17) is 5.11 Å². The van der Waals surface area contributed by atoms with Crippen LogP contribution in [-0.2, 0) is 15.8 Å². The van der Waals surface area contributed by atoms with Crippen molar-refractivity contribution < 1.29 is 18.4 Å². The Hall–Kier alpha value is -1.51. The molecule has 0 radical (unpaired) electrons. The van der Waals surface area contributed by atoms with E-state index in [0.29, 0.717) is 0 Å². The van der Waals surface area contributed by atoms with Gasteiger partial charge in [-0.2, -0.15) is 0 Å². The van der Waals surface area contributed by atoms with Gasteiger partial charge in [-0.05, 0) is 6.92 Å². The summed E-state index contributed by atoms with van der Waals surface area (Å²) in [5.74, 6) is -0.492. The maximum absolute atomic E-state index is 11.7. The second-order valence-corrected chi connectivity index (χ2v) is 5.60. The van der Waals surface area contributed by atoms with Crippen LogP contribution in [0.2, 0.25) is 0 Å². The third-order valence-corrected chi connectivity index (χ3v) is 3.64. The largest absolute Gasteiger partial charge is 0.395 e. The predicted molar refractivity (Wildman–Crippen MR) is 65.4 cm³/mol. The molecule has 0 saturated carbocycles. The van der Waals surface area contributed by atoms with Crippen LogP contribution in [-0.4, -0.2) is 31.1 Å². The van der Waals surface area contributed by atoms with Crippen LogP contribution in [0, 0.1) is 10.1 Å². The van der Waals surface area contributed by atoms with Crippen molar-refractivity contribution >= 4 is 15.7 Å². The van der Waals surface area contributed by atoms with Gasteiger partial charge >= 0.3 is 0 Å². The Kier molecular flexibility index (Phi) is 4.76. The highest BCUT2D eigenvalue weighted by Crippen LogP contribution is 2.19. The second kappa shape index (κ2) is 5.89. The maximum Gasteiger partial charge on any atom is 0.273 e. The lowest BCUT2D eigenvalue weighted by molar-refractivity contribution is -0.385. The number of para-hydroxylation sites is 1. The number of aliphatic hydroxyl groups is 1. The number of nitro groups is 1. The third-order valence-electron chi connectivity index (χ3n) is 2.19. The number of nitro benzene ring substituents is 1. The number of benzene rings is 1. The van der Waals surface area contributed by atoms with Gasteiger partial charge in [-0.25, -0.2) is 13.1 Å². The molecule has 0 amide bonds. The number of sulfonamides is 1. The molecule has 100 valence electrons. The van der Waals surface area contributed by atoms with Gasteiger partial charge in [-0.15, -0.1) is 0 Å². The summed E-state index contributed by atoms with van der Waals surface area (Å²) in [5, 5.41) is 19.5. The first kappa shape index (κ1) is 14.6. The highest BCUT2D eigenvalue weighted by atomic mass is 32.2. The zero-order chi connectivity index (χ0) is 13.8. The van der Waals surface area contributed by atoms with E-state index in [1.165, 1.54) is 31.2 Å². The van der Waals surface area contributed by atoms with Gasteiger partial charge in [0, 0.05) is 17.7 Å². The van der Waals surface area contributed by atoms with Crippen molar-refractivity contribution in [3.8, 4) is 0 Å². The molecule has 0 aliphatic rings. The van der Waals surface area contributed by atoms with Gasteiger partial charge in [0.05, 0.1) is 17.3 Å². The van der Waals surface area contributed by atoms with Crippen LogP contribution in [0.15, 0.2) is 24.3 Å². The summed E-state index contributed by atoms with van der Waals surface area (Å²) in [6.45, 7) is 1.16. The zero-order valence-corrected chi connectivity index (χ0v) is 10.6. The average Bonchev–Trinajstić information content (AvgIpc) is 2.28. The first-order valence-corrected chi connectivity index (χ1v) is 6.84. The van der Waals surface area contributed by atoms with E-state index in [1.54, 1.807) is 0 Å². The fraction of sp³-hybridized carbons (Fsp3) is 0.400. The SMILES string of the molecule is CC(CO)NS(=O)(=O)Cc1ccccc1[N+](=O)[O-]. The smallest absolute Gasteiger partial charge is 0.273 e. The Morgan fingerprint density at radius 3 is 2.61 bits per heavy atom. The first-order chi connectivity index (χ1) is 8.35. The van der Waals surface area contributed by atoms with E-state index in [1.807, 2.05) is 0 Å². The quantitative estimate of drug-likeness (QED) is 0.576.